The topological polar surface area (TPSA) is 95.5 Å². The number of carboxylic acids is 1. The fourth-order valence-corrected chi connectivity index (χ4v) is 2.49. The molecule has 1 fully saturated rings. The molecule has 0 aromatic heterocycles. The van der Waals surface area contributed by atoms with E-state index in [0.29, 0.717) is 31.5 Å². The molecule has 2 atom stereocenters. The van der Waals surface area contributed by atoms with Crippen LogP contribution in [0.5, 0.6) is 0 Å². The van der Waals surface area contributed by atoms with Crippen molar-refractivity contribution in [2.75, 3.05) is 13.1 Å². The van der Waals surface area contributed by atoms with Crippen LogP contribution in [0.3, 0.4) is 0 Å². The van der Waals surface area contributed by atoms with E-state index in [1.54, 1.807) is 12.1 Å². The summed E-state index contributed by atoms with van der Waals surface area (Å²) in [6.45, 7) is 2.51. The second kappa shape index (κ2) is 7.06. The number of carboxylic acid groups (broad SMARTS) is 1. The minimum absolute atomic E-state index is 0.190. The van der Waals surface area contributed by atoms with Gasteiger partial charge in [-0.2, -0.15) is 0 Å². The summed E-state index contributed by atoms with van der Waals surface area (Å²) in [4.78, 5) is 34.6. The van der Waals surface area contributed by atoms with Gasteiger partial charge in [0.1, 0.15) is 0 Å². The molecule has 0 bridgehead atoms. The van der Waals surface area contributed by atoms with Crippen LogP contribution in [0.15, 0.2) is 24.3 Å². The van der Waals surface area contributed by atoms with Crippen molar-refractivity contribution in [2.24, 2.45) is 11.8 Å². The van der Waals surface area contributed by atoms with E-state index in [1.807, 2.05) is 19.1 Å². The summed E-state index contributed by atoms with van der Waals surface area (Å²) in [6, 6.07) is 7.25. The third kappa shape index (κ3) is 3.84. The normalized spacial score (nSPS) is 19.9. The average molecular weight is 304 g/mol. The van der Waals surface area contributed by atoms with Gasteiger partial charge in [0, 0.05) is 18.7 Å². The molecule has 6 nitrogen and oxygen atoms in total. The maximum Gasteiger partial charge on any atom is 0.307 e. The van der Waals surface area contributed by atoms with Crippen LogP contribution in [0.25, 0.3) is 0 Å². The Morgan fingerprint density at radius 3 is 2.41 bits per heavy atom. The Balaban J connectivity index is 1.70. The fourth-order valence-electron chi connectivity index (χ4n) is 2.49. The highest BCUT2D eigenvalue weighted by Crippen LogP contribution is 2.34. The van der Waals surface area contributed by atoms with Crippen molar-refractivity contribution < 1.29 is 19.5 Å². The van der Waals surface area contributed by atoms with E-state index in [2.05, 4.69) is 10.6 Å². The number of carbonyl (C=O) groups is 3. The molecule has 0 heterocycles. The van der Waals surface area contributed by atoms with Crippen LogP contribution in [0.1, 0.15) is 28.8 Å². The van der Waals surface area contributed by atoms with Gasteiger partial charge in [-0.3, -0.25) is 14.4 Å². The summed E-state index contributed by atoms with van der Waals surface area (Å²) in [5, 5.41) is 14.3. The summed E-state index contributed by atoms with van der Waals surface area (Å²) in [7, 11) is 0. The Bertz CT molecular complexity index is 585. The first-order chi connectivity index (χ1) is 10.5. The van der Waals surface area contributed by atoms with E-state index in [1.165, 1.54) is 0 Å². The first kappa shape index (κ1) is 16.0. The highest BCUT2D eigenvalue weighted by atomic mass is 16.4. The summed E-state index contributed by atoms with van der Waals surface area (Å²) >= 11 is 0. The molecule has 0 saturated heterocycles. The van der Waals surface area contributed by atoms with E-state index < -0.39 is 17.8 Å². The van der Waals surface area contributed by atoms with E-state index in [-0.39, 0.29) is 11.8 Å². The molecule has 22 heavy (non-hydrogen) atoms. The quantitative estimate of drug-likeness (QED) is 0.682. The van der Waals surface area contributed by atoms with Crippen molar-refractivity contribution >= 4 is 17.8 Å². The van der Waals surface area contributed by atoms with Crippen molar-refractivity contribution in [1.82, 2.24) is 10.6 Å². The molecule has 2 unspecified atom stereocenters. The van der Waals surface area contributed by atoms with E-state index in [0.717, 1.165) is 5.56 Å². The minimum Gasteiger partial charge on any atom is -0.481 e. The number of amides is 2. The molecule has 1 aliphatic rings. The molecule has 3 N–H and O–H groups in total. The Hall–Kier alpha value is -2.37. The van der Waals surface area contributed by atoms with E-state index in [4.69, 9.17) is 5.11 Å². The molecule has 0 spiro atoms. The highest BCUT2D eigenvalue weighted by molar-refractivity contribution is 5.94. The molecular weight excluding hydrogens is 284 g/mol. The molecule has 2 amide bonds. The Labute approximate surface area is 128 Å². The van der Waals surface area contributed by atoms with Gasteiger partial charge in [0.2, 0.25) is 5.91 Å². The molecule has 1 saturated carbocycles. The Morgan fingerprint density at radius 2 is 1.82 bits per heavy atom. The number of rotatable bonds is 6. The lowest BCUT2D eigenvalue weighted by Gasteiger charge is -2.31. The van der Waals surface area contributed by atoms with Gasteiger partial charge in [-0.1, -0.05) is 17.7 Å². The monoisotopic (exact) mass is 304 g/mol. The molecule has 2 rings (SSSR count). The Morgan fingerprint density at radius 1 is 1.14 bits per heavy atom. The van der Waals surface area contributed by atoms with Gasteiger partial charge < -0.3 is 15.7 Å². The summed E-state index contributed by atoms with van der Waals surface area (Å²) < 4.78 is 0. The minimum atomic E-state index is -0.917. The zero-order valence-electron chi connectivity index (χ0n) is 12.5. The number of hydrogen-bond acceptors (Lipinski definition) is 3. The van der Waals surface area contributed by atoms with Gasteiger partial charge in [-0.05, 0) is 31.9 Å². The van der Waals surface area contributed by atoms with Crippen LogP contribution in [0.4, 0.5) is 0 Å². The van der Waals surface area contributed by atoms with Gasteiger partial charge in [-0.25, -0.2) is 0 Å². The second-order valence-corrected chi connectivity index (χ2v) is 5.54. The lowest BCUT2D eigenvalue weighted by Crippen LogP contribution is -2.45. The molecular formula is C16H20N2O4. The van der Waals surface area contributed by atoms with Crippen molar-refractivity contribution in [2.45, 2.75) is 19.8 Å². The molecule has 1 aliphatic carbocycles. The first-order valence-corrected chi connectivity index (χ1v) is 7.34. The number of benzene rings is 1. The van der Waals surface area contributed by atoms with Crippen LogP contribution < -0.4 is 10.6 Å². The molecule has 118 valence electrons. The predicted octanol–water partition coefficient (Wildman–Crippen LogP) is 0.952. The smallest absolute Gasteiger partial charge is 0.307 e. The maximum atomic E-state index is 11.9. The predicted molar refractivity (Wildman–Crippen MR) is 80.4 cm³/mol. The van der Waals surface area contributed by atoms with Gasteiger partial charge in [0.05, 0.1) is 11.8 Å². The standard InChI is InChI=1S/C16H20N2O4/c1-10-3-2-4-11(9-10)14(19)17-7-8-18-15(20)12-5-6-13(12)16(21)22/h2-4,9,12-13H,5-8H2,1H3,(H,17,19)(H,18,20)(H,21,22). The average Bonchev–Trinajstić information content (AvgIpc) is 2.41. The van der Waals surface area contributed by atoms with Gasteiger partial charge in [0.15, 0.2) is 0 Å². The van der Waals surface area contributed by atoms with Crippen LogP contribution >= 0.6 is 0 Å². The number of nitrogens with one attached hydrogen (secondary N) is 2. The summed E-state index contributed by atoms with van der Waals surface area (Å²) in [6.07, 6.45) is 1.16. The third-order valence-corrected chi connectivity index (χ3v) is 3.92. The lowest BCUT2D eigenvalue weighted by atomic mass is 9.73. The van der Waals surface area contributed by atoms with Crippen LogP contribution in [-0.2, 0) is 9.59 Å². The van der Waals surface area contributed by atoms with Crippen molar-refractivity contribution in [3.05, 3.63) is 35.4 Å². The molecule has 6 heteroatoms. The summed E-state index contributed by atoms with van der Waals surface area (Å²) in [5.74, 6) is -2.36. The van der Waals surface area contributed by atoms with E-state index in [9.17, 15) is 14.4 Å². The first-order valence-electron chi connectivity index (χ1n) is 7.34. The largest absolute Gasteiger partial charge is 0.481 e. The fraction of sp³-hybridized carbons (Fsp3) is 0.438. The van der Waals surface area contributed by atoms with Crippen molar-refractivity contribution in [3.63, 3.8) is 0 Å². The molecule has 1 aromatic carbocycles. The SMILES string of the molecule is Cc1cccc(C(=O)NCCNC(=O)C2CCC2C(=O)O)c1. The zero-order valence-corrected chi connectivity index (χ0v) is 12.5. The van der Waals surface area contributed by atoms with Crippen molar-refractivity contribution in [1.29, 1.82) is 0 Å². The maximum absolute atomic E-state index is 11.9. The van der Waals surface area contributed by atoms with Crippen LogP contribution in [0, 0.1) is 18.8 Å². The molecule has 0 radical (unpaired) electrons. The molecule has 1 aromatic rings. The van der Waals surface area contributed by atoms with Gasteiger partial charge >= 0.3 is 5.97 Å². The summed E-state index contributed by atoms with van der Waals surface area (Å²) in [5.41, 5.74) is 1.59. The zero-order chi connectivity index (χ0) is 16.1. The molecule has 0 aliphatic heterocycles. The van der Waals surface area contributed by atoms with Gasteiger partial charge in [-0.15, -0.1) is 0 Å². The Kier molecular flexibility index (Phi) is 5.14. The van der Waals surface area contributed by atoms with Crippen LogP contribution in [0.2, 0.25) is 0 Å². The number of carbonyl (C=O) groups excluding carboxylic acids is 2. The lowest BCUT2D eigenvalue weighted by molar-refractivity contribution is -0.152. The third-order valence-electron chi connectivity index (χ3n) is 3.92. The van der Waals surface area contributed by atoms with E-state index >= 15 is 0 Å². The number of aryl methyl sites for hydroxylation is 1. The number of hydrogen-bond donors (Lipinski definition) is 3. The van der Waals surface area contributed by atoms with Crippen LogP contribution in [-0.4, -0.2) is 36.0 Å². The van der Waals surface area contributed by atoms with Gasteiger partial charge in [0.25, 0.3) is 5.91 Å². The highest BCUT2D eigenvalue weighted by Gasteiger charge is 2.41. The second-order valence-electron chi connectivity index (χ2n) is 5.54. The number of aliphatic carboxylic acids is 1. The van der Waals surface area contributed by atoms with Crippen molar-refractivity contribution in [3.8, 4) is 0 Å².